The molecule has 0 aromatic heterocycles. The fraction of sp³-hybridized carbons (Fsp3) is 0.500. The second kappa shape index (κ2) is 3.48. The standard InChI is InChI=1S/C14H18N/c1-2-15-10-9-11-5-3-4-6-13(11)14(15)12-7-8-12/h3-6,12H,2,7-10H2,1H3/q+1. The predicted octanol–water partition coefficient (Wildman–Crippen LogP) is 2.47. The molecule has 1 heteroatoms. The molecule has 3 rings (SSSR count). The van der Waals surface area contributed by atoms with Crippen molar-refractivity contribution in [2.24, 2.45) is 5.92 Å². The molecule has 78 valence electrons. The molecule has 1 aliphatic carbocycles. The molecule has 1 heterocycles. The molecule has 1 aromatic rings. The van der Waals surface area contributed by atoms with Gasteiger partial charge in [0, 0.05) is 17.9 Å². The van der Waals surface area contributed by atoms with Crippen molar-refractivity contribution in [2.45, 2.75) is 26.2 Å². The first-order valence-electron chi connectivity index (χ1n) is 6.10. The third kappa shape index (κ3) is 1.50. The summed E-state index contributed by atoms with van der Waals surface area (Å²) in [4.78, 5) is 0. The maximum atomic E-state index is 2.58. The van der Waals surface area contributed by atoms with E-state index >= 15 is 0 Å². The van der Waals surface area contributed by atoms with E-state index in [1.807, 2.05) is 0 Å². The summed E-state index contributed by atoms with van der Waals surface area (Å²) in [7, 11) is 0. The number of rotatable bonds is 2. The highest BCUT2D eigenvalue weighted by molar-refractivity contribution is 6.01. The molecular formula is C14H18N+. The van der Waals surface area contributed by atoms with Crippen LogP contribution in [0.25, 0.3) is 0 Å². The van der Waals surface area contributed by atoms with Gasteiger partial charge in [0.25, 0.3) is 0 Å². The van der Waals surface area contributed by atoms with E-state index in [1.165, 1.54) is 37.9 Å². The number of hydrogen-bond acceptors (Lipinski definition) is 0. The van der Waals surface area contributed by atoms with E-state index in [0.717, 1.165) is 5.92 Å². The summed E-state index contributed by atoms with van der Waals surface area (Å²) in [5.74, 6) is 0.867. The van der Waals surface area contributed by atoms with Gasteiger partial charge in [-0.2, -0.15) is 0 Å². The fourth-order valence-electron chi connectivity index (χ4n) is 2.70. The largest absolute Gasteiger partial charge is 0.233 e. The van der Waals surface area contributed by atoms with Crippen LogP contribution in [0.15, 0.2) is 24.3 Å². The van der Waals surface area contributed by atoms with Crippen LogP contribution >= 0.6 is 0 Å². The molecule has 15 heavy (non-hydrogen) atoms. The molecule has 0 unspecified atom stereocenters. The fourth-order valence-corrected chi connectivity index (χ4v) is 2.70. The van der Waals surface area contributed by atoms with Gasteiger partial charge in [-0.3, -0.25) is 0 Å². The van der Waals surface area contributed by atoms with Gasteiger partial charge in [-0.05, 0) is 31.4 Å². The van der Waals surface area contributed by atoms with Gasteiger partial charge >= 0.3 is 0 Å². The lowest BCUT2D eigenvalue weighted by atomic mass is 9.94. The van der Waals surface area contributed by atoms with Crippen LogP contribution in [0.1, 0.15) is 30.9 Å². The lowest BCUT2D eigenvalue weighted by molar-refractivity contribution is -0.526. The van der Waals surface area contributed by atoms with E-state index < -0.39 is 0 Å². The molecule has 1 aliphatic heterocycles. The van der Waals surface area contributed by atoms with Gasteiger partial charge in [0.05, 0.1) is 0 Å². The van der Waals surface area contributed by atoms with Crippen LogP contribution in [-0.2, 0) is 6.42 Å². The second-order valence-corrected chi connectivity index (χ2v) is 4.65. The van der Waals surface area contributed by atoms with Gasteiger partial charge in [-0.15, -0.1) is 0 Å². The average Bonchev–Trinajstić information content (AvgIpc) is 3.11. The average molecular weight is 200 g/mol. The molecule has 1 aromatic carbocycles. The smallest absolute Gasteiger partial charge is 0.186 e. The zero-order valence-electron chi connectivity index (χ0n) is 9.37. The van der Waals surface area contributed by atoms with E-state index in [-0.39, 0.29) is 0 Å². The first kappa shape index (κ1) is 9.14. The lowest BCUT2D eigenvalue weighted by Gasteiger charge is -2.17. The highest BCUT2D eigenvalue weighted by Crippen LogP contribution is 2.35. The van der Waals surface area contributed by atoms with Crippen LogP contribution in [0.5, 0.6) is 0 Å². The molecule has 0 bridgehead atoms. The minimum absolute atomic E-state index is 0.867. The first-order chi connectivity index (χ1) is 7.40. The number of benzene rings is 1. The minimum Gasteiger partial charge on any atom is -0.233 e. The van der Waals surface area contributed by atoms with Crippen molar-refractivity contribution in [3.05, 3.63) is 35.4 Å². The van der Waals surface area contributed by atoms with Crippen LogP contribution in [0, 0.1) is 5.92 Å². The highest BCUT2D eigenvalue weighted by Gasteiger charge is 2.37. The van der Waals surface area contributed by atoms with Gasteiger partial charge in [0.2, 0.25) is 0 Å². The summed E-state index contributed by atoms with van der Waals surface area (Å²) in [6, 6.07) is 8.96. The van der Waals surface area contributed by atoms with E-state index in [4.69, 9.17) is 0 Å². The molecule has 1 nitrogen and oxygen atoms in total. The monoisotopic (exact) mass is 200 g/mol. The molecule has 0 spiro atoms. The van der Waals surface area contributed by atoms with Crippen molar-refractivity contribution >= 4 is 5.71 Å². The van der Waals surface area contributed by atoms with Crippen molar-refractivity contribution in [1.82, 2.24) is 0 Å². The zero-order valence-corrected chi connectivity index (χ0v) is 9.37. The van der Waals surface area contributed by atoms with Crippen LogP contribution in [-0.4, -0.2) is 23.4 Å². The van der Waals surface area contributed by atoms with Crippen LogP contribution in [0.2, 0.25) is 0 Å². The van der Waals surface area contributed by atoms with E-state index in [1.54, 1.807) is 11.3 Å². The molecule has 0 N–H and O–H groups in total. The Labute approximate surface area is 91.4 Å². The van der Waals surface area contributed by atoms with Crippen molar-refractivity contribution in [2.75, 3.05) is 13.1 Å². The molecule has 1 fully saturated rings. The molecule has 0 atom stereocenters. The predicted molar refractivity (Wildman–Crippen MR) is 62.6 cm³/mol. The van der Waals surface area contributed by atoms with Gasteiger partial charge in [0.15, 0.2) is 5.71 Å². The van der Waals surface area contributed by atoms with Crippen molar-refractivity contribution in [1.29, 1.82) is 0 Å². The maximum absolute atomic E-state index is 2.58. The quantitative estimate of drug-likeness (QED) is 0.645. The maximum Gasteiger partial charge on any atom is 0.186 e. The molecule has 0 saturated heterocycles. The Morgan fingerprint density at radius 1 is 1.27 bits per heavy atom. The van der Waals surface area contributed by atoms with Crippen LogP contribution in [0.3, 0.4) is 0 Å². The summed E-state index contributed by atoms with van der Waals surface area (Å²) in [5.41, 5.74) is 4.73. The number of fused-ring (bicyclic) bond motifs is 1. The Balaban J connectivity index is 2.13. The van der Waals surface area contributed by atoms with E-state index in [9.17, 15) is 0 Å². The Morgan fingerprint density at radius 2 is 2.07 bits per heavy atom. The molecule has 1 saturated carbocycles. The van der Waals surface area contributed by atoms with Gasteiger partial charge in [-0.25, -0.2) is 4.58 Å². The third-order valence-electron chi connectivity index (χ3n) is 3.63. The molecule has 0 amide bonds. The summed E-state index contributed by atoms with van der Waals surface area (Å²) in [5, 5.41) is 0. The Bertz CT molecular complexity index is 413. The number of nitrogens with zero attached hydrogens (tertiary/aromatic N) is 1. The van der Waals surface area contributed by atoms with Crippen molar-refractivity contribution < 1.29 is 4.58 Å². The summed E-state index contributed by atoms with van der Waals surface area (Å²) in [6.07, 6.45) is 4.03. The number of likely N-dealkylation sites (N-methyl/N-ethyl adjacent to an activating group) is 1. The Morgan fingerprint density at radius 3 is 2.80 bits per heavy atom. The summed E-state index contributed by atoms with van der Waals surface area (Å²) < 4.78 is 2.58. The lowest BCUT2D eigenvalue weighted by Crippen LogP contribution is -2.31. The number of hydrogen-bond donors (Lipinski definition) is 0. The first-order valence-corrected chi connectivity index (χ1v) is 6.10. The molecule has 2 aliphatic rings. The Kier molecular flexibility index (Phi) is 2.12. The Hall–Kier alpha value is -1.11. The van der Waals surface area contributed by atoms with Gasteiger partial charge < -0.3 is 0 Å². The van der Waals surface area contributed by atoms with Crippen LogP contribution in [0.4, 0.5) is 0 Å². The highest BCUT2D eigenvalue weighted by atomic mass is 15.0. The molecular weight excluding hydrogens is 182 g/mol. The van der Waals surface area contributed by atoms with E-state index in [2.05, 4.69) is 35.8 Å². The summed E-state index contributed by atoms with van der Waals surface area (Å²) >= 11 is 0. The van der Waals surface area contributed by atoms with Crippen LogP contribution < -0.4 is 0 Å². The van der Waals surface area contributed by atoms with Gasteiger partial charge in [0.1, 0.15) is 13.1 Å². The molecule has 0 radical (unpaired) electrons. The van der Waals surface area contributed by atoms with Gasteiger partial charge in [-0.1, -0.05) is 18.2 Å². The normalized spacial score (nSPS) is 20.3. The van der Waals surface area contributed by atoms with Crippen molar-refractivity contribution in [3.63, 3.8) is 0 Å². The van der Waals surface area contributed by atoms with E-state index in [0.29, 0.717) is 0 Å². The minimum atomic E-state index is 0.867. The zero-order chi connectivity index (χ0) is 10.3. The second-order valence-electron chi connectivity index (χ2n) is 4.65. The SMILES string of the molecule is CC[N+]1=C(C2CC2)c2ccccc2CC1. The van der Waals surface area contributed by atoms with Crippen molar-refractivity contribution in [3.8, 4) is 0 Å². The topological polar surface area (TPSA) is 3.01 Å². The third-order valence-corrected chi connectivity index (χ3v) is 3.63. The summed E-state index contributed by atoms with van der Waals surface area (Å²) in [6.45, 7) is 4.66.